The number of hydrogen-bond acceptors (Lipinski definition) is 7. The van der Waals surface area contributed by atoms with Gasteiger partial charge in [0.1, 0.15) is 12.4 Å². The molecular weight excluding hydrogens is 642 g/mol. The Balaban J connectivity index is 1.61. The first-order valence-corrected chi connectivity index (χ1v) is 17.8. The number of aliphatic hydroxyl groups is 1. The fraction of sp³-hybridized carbons (Fsp3) is 0.316. The molecule has 0 aliphatic rings. The number of benzene rings is 4. The van der Waals surface area contributed by atoms with E-state index >= 15 is 0 Å². The molecule has 0 aliphatic heterocycles. The molecule has 2 N–H and O–H groups in total. The minimum Gasteiger partial charge on any atom is -0.497 e. The fourth-order valence-corrected chi connectivity index (χ4v) is 6.63. The lowest BCUT2D eigenvalue weighted by atomic mass is 9.99. The molecule has 0 bridgehead atoms. The summed E-state index contributed by atoms with van der Waals surface area (Å²) in [4.78, 5) is 28.8. The minimum absolute atomic E-state index is 0.0241. The standard InChI is InChI=1S/C38H45N3O7S/c1-5-22-49(45,46)40(3)33-20-12-19-32(24-33)37(43)39-35(23-29-14-8-6-9-15-29)36(42)26-41(28(2)31-18-13-21-34(25-31)47-4)38(44)48-27-30-16-10-7-11-17-30/h6-21,24-25,28,35-36,42H,5,22-23,26-27H2,1-4H3,(H,39,43)/t28-,35-,36+/m0/s1. The maximum atomic E-state index is 13.7. The second-order valence-corrected chi connectivity index (χ2v) is 13.9. The van der Waals surface area contributed by atoms with Crippen molar-refractivity contribution in [3.63, 3.8) is 0 Å². The van der Waals surface area contributed by atoms with Crippen molar-refractivity contribution < 1.29 is 32.6 Å². The van der Waals surface area contributed by atoms with Gasteiger partial charge >= 0.3 is 6.09 Å². The van der Waals surface area contributed by atoms with Crippen molar-refractivity contribution in [1.29, 1.82) is 0 Å². The number of nitrogens with zero attached hydrogens (tertiary/aromatic N) is 2. The first-order chi connectivity index (χ1) is 23.5. The van der Waals surface area contributed by atoms with Crippen LogP contribution in [0.2, 0.25) is 0 Å². The van der Waals surface area contributed by atoms with E-state index in [4.69, 9.17) is 9.47 Å². The van der Waals surface area contributed by atoms with E-state index in [1.54, 1.807) is 38.3 Å². The number of methoxy groups -OCH3 is 1. The van der Waals surface area contributed by atoms with E-state index in [-0.39, 0.29) is 30.9 Å². The highest BCUT2D eigenvalue weighted by molar-refractivity contribution is 7.92. The quantitative estimate of drug-likeness (QED) is 0.149. The minimum atomic E-state index is -3.56. The number of rotatable bonds is 16. The summed E-state index contributed by atoms with van der Waals surface area (Å²) in [6, 6.07) is 31.0. The van der Waals surface area contributed by atoms with Gasteiger partial charge < -0.3 is 19.9 Å². The van der Waals surface area contributed by atoms with Gasteiger partial charge in [0.25, 0.3) is 5.91 Å². The third-order valence-electron chi connectivity index (χ3n) is 8.30. The molecule has 0 saturated carbocycles. The number of sulfonamides is 1. The zero-order valence-corrected chi connectivity index (χ0v) is 29.2. The number of anilines is 1. The lowest BCUT2D eigenvalue weighted by molar-refractivity contribution is 0.0402. The molecule has 49 heavy (non-hydrogen) atoms. The van der Waals surface area contributed by atoms with E-state index in [2.05, 4.69) is 5.32 Å². The normalized spacial score (nSPS) is 13.1. The average Bonchev–Trinajstić information content (AvgIpc) is 3.12. The maximum absolute atomic E-state index is 13.7. The van der Waals surface area contributed by atoms with Gasteiger partial charge in [0.2, 0.25) is 10.0 Å². The summed E-state index contributed by atoms with van der Waals surface area (Å²) in [7, 11) is -0.538. The van der Waals surface area contributed by atoms with Crippen molar-refractivity contribution in [2.75, 3.05) is 30.8 Å². The zero-order chi connectivity index (χ0) is 35.4. The SMILES string of the molecule is CCCS(=O)(=O)N(C)c1cccc(C(=O)N[C@@H](Cc2ccccc2)[C@H](O)CN(C(=O)OCc2ccccc2)[C@@H](C)c2cccc(OC)c2)c1. The van der Waals surface area contributed by atoms with Gasteiger partial charge in [-0.3, -0.25) is 14.0 Å². The lowest BCUT2D eigenvalue weighted by Gasteiger charge is -2.33. The summed E-state index contributed by atoms with van der Waals surface area (Å²) in [5.74, 6) is 0.0956. The van der Waals surface area contributed by atoms with E-state index < -0.39 is 40.2 Å². The molecule has 0 aliphatic carbocycles. The third kappa shape index (κ3) is 10.3. The molecule has 4 aromatic carbocycles. The Kier molecular flexibility index (Phi) is 13.2. The summed E-state index contributed by atoms with van der Waals surface area (Å²) >= 11 is 0. The third-order valence-corrected chi connectivity index (χ3v) is 10.3. The molecule has 2 amide bonds. The van der Waals surface area contributed by atoms with Gasteiger partial charge in [-0.25, -0.2) is 13.2 Å². The molecule has 0 radical (unpaired) electrons. The molecule has 10 nitrogen and oxygen atoms in total. The molecular formula is C38H45N3O7S. The number of hydrogen-bond donors (Lipinski definition) is 2. The molecule has 0 unspecified atom stereocenters. The summed E-state index contributed by atoms with van der Waals surface area (Å²) in [5, 5.41) is 14.8. The Hall–Kier alpha value is -4.87. The number of aliphatic hydroxyl groups excluding tert-OH is 1. The molecule has 0 heterocycles. The Morgan fingerprint density at radius 1 is 0.878 bits per heavy atom. The highest BCUT2D eigenvalue weighted by Gasteiger charge is 2.31. The molecule has 11 heteroatoms. The van der Waals surface area contributed by atoms with Gasteiger partial charge in [-0.1, -0.05) is 85.8 Å². The number of ether oxygens (including phenoxy) is 2. The van der Waals surface area contributed by atoms with Crippen molar-refractivity contribution in [3.05, 3.63) is 131 Å². The molecule has 0 saturated heterocycles. The van der Waals surface area contributed by atoms with Crippen LogP contribution in [0.3, 0.4) is 0 Å². The number of carbonyl (C=O) groups is 2. The second kappa shape index (κ2) is 17.5. The van der Waals surface area contributed by atoms with Crippen molar-refractivity contribution in [3.8, 4) is 5.75 Å². The van der Waals surface area contributed by atoms with Crippen LogP contribution in [-0.4, -0.2) is 69.0 Å². The Labute approximate surface area is 289 Å². The van der Waals surface area contributed by atoms with Gasteiger partial charge in [0.05, 0.1) is 43.3 Å². The van der Waals surface area contributed by atoms with Crippen molar-refractivity contribution >= 4 is 27.7 Å². The molecule has 4 rings (SSSR count). The Bertz CT molecular complexity index is 1770. The van der Waals surface area contributed by atoms with Gasteiger partial charge in [0, 0.05) is 12.6 Å². The average molecular weight is 688 g/mol. The highest BCUT2D eigenvalue weighted by atomic mass is 32.2. The largest absolute Gasteiger partial charge is 0.497 e. The molecule has 0 fully saturated rings. The van der Waals surface area contributed by atoms with Crippen LogP contribution in [-0.2, 0) is 27.8 Å². The van der Waals surface area contributed by atoms with Gasteiger partial charge in [-0.2, -0.15) is 0 Å². The van der Waals surface area contributed by atoms with Crippen LogP contribution in [0, 0.1) is 0 Å². The summed E-state index contributed by atoms with van der Waals surface area (Å²) in [6.07, 6.45) is -1.14. The smallest absolute Gasteiger partial charge is 0.410 e. The van der Waals surface area contributed by atoms with Crippen molar-refractivity contribution in [2.45, 2.75) is 51.5 Å². The van der Waals surface area contributed by atoms with Crippen LogP contribution in [0.15, 0.2) is 109 Å². The molecule has 0 spiro atoms. The summed E-state index contributed by atoms with van der Waals surface area (Å²) in [6.45, 7) is 3.50. The number of amides is 2. The van der Waals surface area contributed by atoms with E-state index in [9.17, 15) is 23.1 Å². The fourth-order valence-electron chi connectivity index (χ4n) is 5.40. The summed E-state index contributed by atoms with van der Waals surface area (Å²) in [5.41, 5.74) is 3.02. The van der Waals surface area contributed by atoms with Crippen LogP contribution < -0.4 is 14.4 Å². The maximum Gasteiger partial charge on any atom is 0.410 e. The van der Waals surface area contributed by atoms with Gasteiger partial charge in [-0.05, 0) is 66.8 Å². The van der Waals surface area contributed by atoms with E-state index in [1.165, 1.54) is 22.3 Å². The zero-order valence-electron chi connectivity index (χ0n) is 28.4. The molecule has 3 atom stereocenters. The molecule has 4 aromatic rings. The number of carbonyl (C=O) groups excluding carboxylic acids is 2. The topological polar surface area (TPSA) is 125 Å². The monoisotopic (exact) mass is 687 g/mol. The van der Waals surface area contributed by atoms with E-state index in [0.717, 1.165) is 16.7 Å². The Morgan fingerprint density at radius 2 is 1.53 bits per heavy atom. The second-order valence-electron chi connectivity index (χ2n) is 11.8. The van der Waals surface area contributed by atoms with Crippen molar-refractivity contribution in [2.24, 2.45) is 0 Å². The van der Waals surface area contributed by atoms with Crippen LogP contribution in [0.5, 0.6) is 5.75 Å². The Morgan fingerprint density at radius 3 is 2.18 bits per heavy atom. The lowest BCUT2D eigenvalue weighted by Crippen LogP contribution is -2.51. The number of nitrogens with one attached hydrogen (secondary N) is 1. The van der Waals surface area contributed by atoms with Gasteiger partial charge in [-0.15, -0.1) is 0 Å². The first-order valence-electron chi connectivity index (χ1n) is 16.2. The predicted octanol–water partition coefficient (Wildman–Crippen LogP) is 5.97. The first kappa shape index (κ1) is 37.0. The predicted molar refractivity (Wildman–Crippen MR) is 191 cm³/mol. The van der Waals surface area contributed by atoms with Crippen LogP contribution in [0.1, 0.15) is 53.4 Å². The molecule has 0 aromatic heterocycles. The van der Waals surface area contributed by atoms with Gasteiger partial charge in [0.15, 0.2) is 0 Å². The van der Waals surface area contributed by atoms with Crippen molar-refractivity contribution in [1.82, 2.24) is 10.2 Å². The highest BCUT2D eigenvalue weighted by Crippen LogP contribution is 2.26. The van der Waals surface area contributed by atoms with E-state index in [1.807, 2.05) is 85.8 Å². The summed E-state index contributed by atoms with van der Waals surface area (Å²) < 4.78 is 37.7. The van der Waals surface area contributed by atoms with Crippen LogP contribution in [0.4, 0.5) is 10.5 Å². The van der Waals surface area contributed by atoms with E-state index in [0.29, 0.717) is 17.9 Å². The van der Waals surface area contributed by atoms with Crippen LogP contribution >= 0.6 is 0 Å². The molecule has 260 valence electrons. The van der Waals surface area contributed by atoms with Crippen LogP contribution in [0.25, 0.3) is 0 Å².